The van der Waals surface area contributed by atoms with E-state index >= 15 is 0 Å². The molecule has 1 atom stereocenters. The van der Waals surface area contributed by atoms with Crippen molar-refractivity contribution in [1.29, 1.82) is 0 Å². The Morgan fingerprint density at radius 2 is 1.89 bits per heavy atom. The number of hydrogen-bond donors (Lipinski definition) is 0. The van der Waals surface area contributed by atoms with Gasteiger partial charge in [-0.15, -0.1) is 0 Å². The van der Waals surface area contributed by atoms with Gasteiger partial charge < -0.3 is 0 Å². The monoisotopic (exact) mass is 290 g/mol. The van der Waals surface area contributed by atoms with E-state index in [2.05, 4.69) is 0 Å². The van der Waals surface area contributed by atoms with E-state index in [1.165, 1.54) is 12.1 Å². The molecule has 1 aliphatic heterocycles. The summed E-state index contributed by atoms with van der Waals surface area (Å²) in [5.74, 6) is -0.0996. The van der Waals surface area contributed by atoms with Crippen LogP contribution in [0.1, 0.15) is 6.42 Å². The van der Waals surface area contributed by atoms with E-state index < -0.39 is 20.0 Å². The second kappa shape index (κ2) is 4.99. The molecule has 7 heteroatoms. The third-order valence-corrected chi connectivity index (χ3v) is 5.95. The quantitative estimate of drug-likeness (QED) is 0.767. The number of rotatable bonds is 4. The molecular formula is C11H14O5S2. The third-order valence-electron chi connectivity index (χ3n) is 2.82. The van der Waals surface area contributed by atoms with Crippen molar-refractivity contribution < 1.29 is 21.0 Å². The molecule has 1 saturated heterocycles. The Kier molecular flexibility index (Phi) is 3.74. The molecule has 1 heterocycles. The molecule has 1 aliphatic rings. The summed E-state index contributed by atoms with van der Waals surface area (Å²) in [7, 11) is -6.78. The van der Waals surface area contributed by atoms with Crippen molar-refractivity contribution in [2.24, 2.45) is 5.92 Å². The van der Waals surface area contributed by atoms with Gasteiger partial charge in [0.05, 0.1) is 23.0 Å². The van der Waals surface area contributed by atoms with Crippen LogP contribution >= 0.6 is 0 Å². The first-order chi connectivity index (χ1) is 8.39. The van der Waals surface area contributed by atoms with Crippen LogP contribution in [0.4, 0.5) is 0 Å². The van der Waals surface area contributed by atoms with Gasteiger partial charge in [-0.25, -0.2) is 8.42 Å². The minimum atomic E-state index is -3.78. The highest BCUT2D eigenvalue weighted by Gasteiger charge is 2.29. The van der Waals surface area contributed by atoms with Crippen LogP contribution in [0, 0.1) is 5.92 Å². The Bertz CT molecular complexity index is 604. The predicted molar refractivity (Wildman–Crippen MR) is 66.3 cm³/mol. The molecule has 1 aromatic rings. The fraction of sp³-hybridized carbons (Fsp3) is 0.455. The Hall–Kier alpha value is -0.920. The fourth-order valence-corrected chi connectivity index (χ4v) is 4.68. The molecule has 18 heavy (non-hydrogen) atoms. The Labute approximate surface area is 107 Å². The highest BCUT2D eigenvalue weighted by atomic mass is 32.2. The predicted octanol–water partition coefficient (Wildman–Crippen LogP) is 0.827. The number of hydrogen-bond acceptors (Lipinski definition) is 5. The summed E-state index contributed by atoms with van der Waals surface area (Å²) in [5, 5.41) is 0. The largest absolute Gasteiger partial charge is 0.296 e. The van der Waals surface area contributed by atoms with Crippen molar-refractivity contribution in [3.8, 4) is 0 Å². The molecule has 2 rings (SSSR count). The molecule has 0 radical (unpaired) electrons. The van der Waals surface area contributed by atoms with Crippen LogP contribution in [0.2, 0.25) is 0 Å². The SMILES string of the molecule is O=S1(=O)CCC(COS(=O)(=O)c2ccccc2)C1. The van der Waals surface area contributed by atoms with Crippen LogP contribution in [0.25, 0.3) is 0 Å². The molecule has 1 aromatic carbocycles. The smallest absolute Gasteiger partial charge is 0.266 e. The lowest BCUT2D eigenvalue weighted by molar-refractivity contribution is 0.268. The van der Waals surface area contributed by atoms with Crippen LogP contribution in [-0.4, -0.2) is 34.9 Å². The van der Waals surface area contributed by atoms with Crippen LogP contribution in [0.5, 0.6) is 0 Å². The molecule has 0 aliphatic carbocycles. The van der Waals surface area contributed by atoms with E-state index in [0.717, 1.165) is 0 Å². The van der Waals surface area contributed by atoms with Crippen LogP contribution < -0.4 is 0 Å². The van der Waals surface area contributed by atoms with Crippen LogP contribution in [0.15, 0.2) is 35.2 Å². The summed E-state index contributed by atoms with van der Waals surface area (Å²) in [6.07, 6.45) is 0.465. The summed E-state index contributed by atoms with van der Waals surface area (Å²) in [5.41, 5.74) is 0. The second-order valence-corrected chi connectivity index (χ2v) is 8.16. The molecule has 1 unspecified atom stereocenters. The summed E-state index contributed by atoms with van der Waals surface area (Å²) < 4.78 is 50.9. The topological polar surface area (TPSA) is 77.5 Å². The molecule has 1 fully saturated rings. The molecule has 0 aromatic heterocycles. The maximum absolute atomic E-state index is 11.8. The molecule has 0 spiro atoms. The zero-order valence-corrected chi connectivity index (χ0v) is 11.3. The van der Waals surface area contributed by atoms with E-state index in [9.17, 15) is 16.8 Å². The van der Waals surface area contributed by atoms with Gasteiger partial charge in [-0.2, -0.15) is 8.42 Å². The summed E-state index contributed by atoms with van der Waals surface area (Å²) in [6, 6.07) is 7.82. The van der Waals surface area contributed by atoms with Crippen molar-refractivity contribution in [2.45, 2.75) is 11.3 Å². The first-order valence-electron chi connectivity index (χ1n) is 5.54. The lowest BCUT2D eigenvalue weighted by atomic mass is 10.1. The molecule has 5 nitrogen and oxygen atoms in total. The van der Waals surface area contributed by atoms with Crippen molar-refractivity contribution in [1.82, 2.24) is 0 Å². The average Bonchev–Trinajstić information content (AvgIpc) is 2.68. The first-order valence-corrected chi connectivity index (χ1v) is 8.77. The minimum Gasteiger partial charge on any atom is -0.266 e. The van der Waals surface area contributed by atoms with Gasteiger partial charge in [0.15, 0.2) is 9.84 Å². The van der Waals surface area contributed by atoms with Gasteiger partial charge >= 0.3 is 0 Å². The summed E-state index contributed by atoms with van der Waals surface area (Å²) in [6.45, 7) is -0.0730. The van der Waals surface area contributed by atoms with E-state index in [1.54, 1.807) is 18.2 Å². The highest BCUT2D eigenvalue weighted by Crippen LogP contribution is 2.20. The van der Waals surface area contributed by atoms with E-state index in [-0.39, 0.29) is 28.9 Å². The van der Waals surface area contributed by atoms with Crippen LogP contribution in [-0.2, 0) is 24.1 Å². The van der Waals surface area contributed by atoms with Crippen molar-refractivity contribution in [3.63, 3.8) is 0 Å². The molecular weight excluding hydrogens is 276 g/mol. The fourth-order valence-electron chi connectivity index (χ4n) is 1.84. The Morgan fingerprint density at radius 1 is 1.22 bits per heavy atom. The van der Waals surface area contributed by atoms with Gasteiger partial charge in [-0.3, -0.25) is 4.18 Å². The van der Waals surface area contributed by atoms with Gasteiger partial charge in [0.25, 0.3) is 10.1 Å². The number of sulfone groups is 1. The zero-order valence-electron chi connectivity index (χ0n) is 9.65. The molecule has 0 amide bonds. The first kappa shape index (κ1) is 13.5. The van der Waals surface area contributed by atoms with Crippen LogP contribution in [0.3, 0.4) is 0 Å². The Morgan fingerprint density at radius 3 is 2.44 bits per heavy atom. The minimum absolute atomic E-state index is 0.0112. The van der Waals surface area contributed by atoms with E-state index in [0.29, 0.717) is 6.42 Å². The van der Waals surface area contributed by atoms with Gasteiger partial charge in [0, 0.05) is 0 Å². The maximum Gasteiger partial charge on any atom is 0.296 e. The summed E-state index contributed by atoms with van der Waals surface area (Å²) in [4.78, 5) is 0.0888. The van der Waals surface area contributed by atoms with Crippen molar-refractivity contribution in [3.05, 3.63) is 30.3 Å². The van der Waals surface area contributed by atoms with Gasteiger partial charge in [0.1, 0.15) is 0 Å². The van der Waals surface area contributed by atoms with Gasteiger partial charge in [-0.05, 0) is 24.5 Å². The lowest BCUT2D eigenvalue weighted by Crippen LogP contribution is -2.15. The van der Waals surface area contributed by atoms with E-state index in [1.807, 2.05) is 0 Å². The summed E-state index contributed by atoms with van der Waals surface area (Å²) >= 11 is 0. The highest BCUT2D eigenvalue weighted by molar-refractivity contribution is 7.91. The zero-order chi connectivity index (χ0) is 13.2. The van der Waals surface area contributed by atoms with Gasteiger partial charge in [-0.1, -0.05) is 18.2 Å². The number of benzene rings is 1. The molecule has 100 valence electrons. The van der Waals surface area contributed by atoms with Crippen molar-refractivity contribution in [2.75, 3.05) is 18.1 Å². The van der Waals surface area contributed by atoms with Gasteiger partial charge in [0.2, 0.25) is 0 Å². The normalized spacial score (nSPS) is 23.0. The molecule has 0 N–H and O–H groups in total. The van der Waals surface area contributed by atoms with Crippen molar-refractivity contribution >= 4 is 20.0 Å². The standard InChI is InChI=1S/C11H14O5S2/c12-17(13)7-6-10(9-17)8-16-18(14,15)11-4-2-1-3-5-11/h1-5,10H,6-9H2. The van der Waals surface area contributed by atoms with E-state index in [4.69, 9.17) is 4.18 Å². The molecule has 0 saturated carbocycles. The Balaban J connectivity index is 1.99. The average molecular weight is 290 g/mol. The second-order valence-electron chi connectivity index (χ2n) is 4.32. The third kappa shape index (κ3) is 3.30. The maximum atomic E-state index is 11.8. The lowest BCUT2D eigenvalue weighted by Gasteiger charge is -2.09. The molecule has 0 bridgehead atoms.